The minimum absolute atomic E-state index is 0.447. The Morgan fingerprint density at radius 2 is 2.21 bits per heavy atom. The Kier molecular flexibility index (Phi) is 5.38. The number of hydrogen-bond donors (Lipinski definition) is 0. The highest BCUT2D eigenvalue weighted by Gasteiger charge is 1.99. The molecule has 0 unspecified atom stereocenters. The molecule has 2 nitrogen and oxygen atoms in total. The SMILES string of the molecule is CCCCCCOc1cccnc1Cl. The summed E-state index contributed by atoms with van der Waals surface area (Å²) >= 11 is 5.83. The van der Waals surface area contributed by atoms with Crippen molar-refractivity contribution >= 4 is 11.6 Å². The van der Waals surface area contributed by atoms with E-state index in [0.29, 0.717) is 10.9 Å². The van der Waals surface area contributed by atoms with Crippen LogP contribution in [0.15, 0.2) is 18.3 Å². The summed E-state index contributed by atoms with van der Waals surface area (Å²) < 4.78 is 5.49. The maximum atomic E-state index is 5.83. The van der Waals surface area contributed by atoms with Crippen LogP contribution in [0.3, 0.4) is 0 Å². The van der Waals surface area contributed by atoms with Gasteiger partial charge in [0, 0.05) is 6.20 Å². The molecule has 0 bridgehead atoms. The van der Waals surface area contributed by atoms with Crippen LogP contribution in [0.25, 0.3) is 0 Å². The summed E-state index contributed by atoms with van der Waals surface area (Å²) in [6, 6.07) is 3.67. The summed E-state index contributed by atoms with van der Waals surface area (Å²) in [4.78, 5) is 3.93. The van der Waals surface area contributed by atoms with Gasteiger partial charge in [-0.2, -0.15) is 0 Å². The summed E-state index contributed by atoms with van der Waals surface area (Å²) in [6.45, 7) is 2.92. The molecule has 0 aliphatic heterocycles. The second-order valence-corrected chi connectivity index (χ2v) is 3.56. The van der Waals surface area contributed by atoms with Gasteiger partial charge in [0.05, 0.1) is 6.61 Å². The van der Waals surface area contributed by atoms with Gasteiger partial charge in [-0.05, 0) is 18.6 Å². The van der Waals surface area contributed by atoms with Crippen molar-refractivity contribution in [2.24, 2.45) is 0 Å². The van der Waals surface area contributed by atoms with Crippen LogP contribution in [-0.4, -0.2) is 11.6 Å². The smallest absolute Gasteiger partial charge is 0.171 e. The first-order valence-corrected chi connectivity index (χ1v) is 5.45. The van der Waals surface area contributed by atoms with E-state index in [-0.39, 0.29) is 0 Å². The summed E-state index contributed by atoms with van der Waals surface area (Å²) in [5, 5.41) is 0.447. The third kappa shape index (κ3) is 3.97. The highest BCUT2D eigenvalue weighted by Crippen LogP contribution is 2.20. The number of pyridine rings is 1. The van der Waals surface area contributed by atoms with Crippen molar-refractivity contribution in [3.63, 3.8) is 0 Å². The van der Waals surface area contributed by atoms with E-state index in [4.69, 9.17) is 16.3 Å². The average molecular weight is 214 g/mol. The van der Waals surface area contributed by atoms with E-state index in [1.54, 1.807) is 6.20 Å². The van der Waals surface area contributed by atoms with Gasteiger partial charge in [-0.25, -0.2) is 4.98 Å². The van der Waals surface area contributed by atoms with Crippen LogP contribution in [0.1, 0.15) is 32.6 Å². The van der Waals surface area contributed by atoms with Crippen molar-refractivity contribution in [1.82, 2.24) is 4.98 Å². The molecular weight excluding hydrogens is 198 g/mol. The predicted octanol–water partition coefficient (Wildman–Crippen LogP) is 3.69. The lowest BCUT2D eigenvalue weighted by Crippen LogP contribution is -1.98. The molecule has 0 aliphatic carbocycles. The molecule has 0 spiro atoms. The number of ether oxygens (including phenoxy) is 1. The minimum atomic E-state index is 0.447. The molecule has 0 saturated carbocycles. The first-order valence-electron chi connectivity index (χ1n) is 5.08. The first-order chi connectivity index (χ1) is 6.84. The molecule has 0 saturated heterocycles. The summed E-state index contributed by atoms with van der Waals surface area (Å²) in [7, 11) is 0. The van der Waals surface area contributed by atoms with Crippen LogP contribution in [0.2, 0.25) is 5.15 Å². The summed E-state index contributed by atoms with van der Waals surface area (Å²) in [5.74, 6) is 0.686. The fourth-order valence-corrected chi connectivity index (χ4v) is 1.36. The minimum Gasteiger partial charge on any atom is -0.490 e. The molecule has 78 valence electrons. The predicted molar refractivity (Wildman–Crippen MR) is 58.9 cm³/mol. The van der Waals surface area contributed by atoms with Gasteiger partial charge in [0.1, 0.15) is 0 Å². The Balaban J connectivity index is 2.21. The molecule has 0 radical (unpaired) electrons. The highest BCUT2D eigenvalue weighted by molar-refractivity contribution is 6.30. The highest BCUT2D eigenvalue weighted by atomic mass is 35.5. The molecule has 0 atom stereocenters. The number of rotatable bonds is 6. The van der Waals surface area contributed by atoms with E-state index < -0.39 is 0 Å². The number of unbranched alkanes of at least 4 members (excludes halogenated alkanes) is 3. The Hall–Kier alpha value is -0.760. The molecule has 0 N–H and O–H groups in total. The summed E-state index contributed by atoms with van der Waals surface area (Å²) in [5.41, 5.74) is 0. The molecule has 1 heterocycles. The van der Waals surface area contributed by atoms with Crippen molar-refractivity contribution in [2.75, 3.05) is 6.61 Å². The Morgan fingerprint density at radius 1 is 1.36 bits per heavy atom. The lowest BCUT2D eigenvalue weighted by molar-refractivity contribution is 0.304. The molecule has 0 aromatic carbocycles. The number of nitrogens with zero attached hydrogens (tertiary/aromatic N) is 1. The summed E-state index contributed by atoms with van der Waals surface area (Å²) in [6.07, 6.45) is 6.47. The Labute approximate surface area is 90.3 Å². The maximum absolute atomic E-state index is 5.83. The van der Waals surface area contributed by atoms with Gasteiger partial charge in [-0.15, -0.1) is 0 Å². The van der Waals surface area contributed by atoms with E-state index in [0.717, 1.165) is 13.0 Å². The first kappa shape index (κ1) is 11.3. The average Bonchev–Trinajstić information content (AvgIpc) is 2.20. The van der Waals surface area contributed by atoms with Crippen molar-refractivity contribution in [3.05, 3.63) is 23.5 Å². The molecule has 3 heteroatoms. The number of hydrogen-bond acceptors (Lipinski definition) is 2. The lowest BCUT2D eigenvalue weighted by atomic mass is 10.2. The van der Waals surface area contributed by atoms with E-state index in [9.17, 15) is 0 Å². The van der Waals surface area contributed by atoms with Crippen LogP contribution in [0.5, 0.6) is 5.75 Å². The molecule has 0 amide bonds. The molecule has 1 aromatic rings. The largest absolute Gasteiger partial charge is 0.490 e. The fourth-order valence-electron chi connectivity index (χ4n) is 1.19. The second kappa shape index (κ2) is 6.66. The zero-order valence-electron chi connectivity index (χ0n) is 8.50. The van der Waals surface area contributed by atoms with E-state index >= 15 is 0 Å². The topological polar surface area (TPSA) is 22.1 Å². The third-order valence-electron chi connectivity index (χ3n) is 1.98. The van der Waals surface area contributed by atoms with Crippen molar-refractivity contribution < 1.29 is 4.74 Å². The zero-order chi connectivity index (χ0) is 10.2. The molecule has 1 aromatic heterocycles. The van der Waals surface area contributed by atoms with Gasteiger partial charge in [0.25, 0.3) is 0 Å². The fraction of sp³-hybridized carbons (Fsp3) is 0.545. The zero-order valence-corrected chi connectivity index (χ0v) is 9.26. The van der Waals surface area contributed by atoms with Gasteiger partial charge in [0.15, 0.2) is 10.9 Å². The van der Waals surface area contributed by atoms with Crippen LogP contribution >= 0.6 is 11.6 Å². The Morgan fingerprint density at radius 3 is 2.93 bits per heavy atom. The van der Waals surface area contributed by atoms with Gasteiger partial charge in [-0.3, -0.25) is 0 Å². The van der Waals surface area contributed by atoms with Crippen LogP contribution in [0.4, 0.5) is 0 Å². The van der Waals surface area contributed by atoms with Gasteiger partial charge in [-0.1, -0.05) is 37.8 Å². The normalized spacial score (nSPS) is 10.1. The van der Waals surface area contributed by atoms with E-state index in [1.807, 2.05) is 12.1 Å². The van der Waals surface area contributed by atoms with Gasteiger partial charge >= 0.3 is 0 Å². The van der Waals surface area contributed by atoms with Crippen LogP contribution in [-0.2, 0) is 0 Å². The monoisotopic (exact) mass is 213 g/mol. The number of halogens is 1. The van der Waals surface area contributed by atoms with Crippen molar-refractivity contribution in [2.45, 2.75) is 32.6 Å². The third-order valence-corrected chi connectivity index (χ3v) is 2.26. The van der Waals surface area contributed by atoms with Crippen LogP contribution in [0, 0.1) is 0 Å². The quantitative estimate of drug-likeness (QED) is 0.531. The molecular formula is C11H16ClNO. The van der Waals surface area contributed by atoms with Crippen molar-refractivity contribution in [1.29, 1.82) is 0 Å². The van der Waals surface area contributed by atoms with E-state index in [2.05, 4.69) is 11.9 Å². The van der Waals surface area contributed by atoms with Crippen molar-refractivity contribution in [3.8, 4) is 5.75 Å². The molecule has 1 rings (SSSR count). The molecule has 0 aliphatic rings. The van der Waals surface area contributed by atoms with Gasteiger partial charge < -0.3 is 4.74 Å². The van der Waals surface area contributed by atoms with Gasteiger partial charge in [0.2, 0.25) is 0 Å². The molecule has 14 heavy (non-hydrogen) atoms. The van der Waals surface area contributed by atoms with Crippen LogP contribution < -0.4 is 4.74 Å². The Bertz CT molecular complexity index is 265. The second-order valence-electron chi connectivity index (χ2n) is 3.20. The molecule has 0 fully saturated rings. The maximum Gasteiger partial charge on any atom is 0.171 e. The van der Waals surface area contributed by atoms with E-state index in [1.165, 1.54) is 19.3 Å². The standard InChI is InChI=1S/C11H16ClNO/c1-2-3-4-5-9-14-10-7-6-8-13-11(10)12/h6-8H,2-5,9H2,1H3. The number of aromatic nitrogens is 1. The lowest BCUT2D eigenvalue weighted by Gasteiger charge is -2.06.